The first-order valence-corrected chi connectivity index (χ1v) is 5.90. The van der Waals surface area contributed by atoms with Gasteiger partial charge in [-0.05, 0) is 12.4 Å². The Bertz CT molecular complexity index is 383. The lowest BCUT2D eigenvalue weighted by Crippen LogP contribution is -2.54. The largest absolute Gasteiger partial charge is 0.432 e. The highest BCUT2D eigenvalue weighted by molar-refractivity contribution is 6.49. The van der Waals surface area contributed by atoms with Crippen LogP contribution in [0.2, 0.25) is 6.82 Å². The molecule has 1 aliphatic heterocycles. The van der Waals surface area contributed by atoms with Crippen LogP contribution >= 0.6 is 0 Å². The van der Waals surface area contributed by atoms with Crippen LogP contribution in [-0.4, -0.2) is 47.3 Å². The van der Waals surface area contributed by atoms with Gasteiger partial charge in [-0.3, -0.25) is 9.69 Å². The van der Waals surface area contributed by atoms with Crippen molar-refractivity contribution in [2.24, 2.45) is 0 Å². The van der Waals surface area contributed by atoms with Crippen molar-refractivity contribution in [2.45, 2.75) is 13.4 Å². The maximum atomic E-state index is 11.8. The van der Waals surface area contributed by atoms with Gasteiger partial charge < -0.3 is 9.83 Å². The molecule has 1 aromatic carbocycles. The van der Waals surface area contributed by atoms with Crippen LogP contribution in [0.4, 0.5) is 0 Å². The second-order valence-corrected chi connectivity index (χ2v) is 4.42. The van der Waals surface area contributed by atoms with E-state index in [4.69, 9.17) is 0 Å². The number of nitrogens with zero attached hydrogens (tertiary/aromatic N) is 2. The first kappa shape index (κ1) is 12.1. The Morgan fingerprint density at radius 3 is 2.59 bits per heavy atom. The molecule has 0 unspecified atom stereocenters. The summed E-state index contributed by atoms with van der Waals surface area (Å²) in [6.45, 7) is 4.22. The van der Waals surface area contributed by atoms with Gasteiger partial charge >= 0.3 is 7.05 Å². The van der Waals surface area contributed by atoms with Crippen molar-refractivity contribution < 1.29 is 9.82 Å². The molecule has 1 fully saturated rings. The summed E-state index contributed by atoms with van der Waals surface area (Å²) in [5, 5.41) is 9.41. The normalized spacial score (nSPS) is 17.3. The van der Waals surface area contributed by atoms with Crippen molar-refractivity contribution in [1.82, 2.24) is 9.71 Å². The fourth-order valence-corrected chi connectivity index (χ4v) is 2.11. The molecule has 0 radical (unpaired) electrons. The van der Waals surface area contributed by atoms with Gasteiger partial charge in [0.25, 0.3) is 0 Å². The number of carbonyl (C=O) groups is 1. The summed E-state index contributed by atoms with van der Waals surface area (Å²) < 4.78 is 0. The second-order valence-electron chi connectivity index (χ2n) is 4.42. The fourth-order valence-electron chi connectivity index (χ4n) is 2.11. The van der Waals surface area contributed by atoms with E-state index in [0.717, 1.165) is 13.1 Å². The lowest BCUT2D eigenvalue weighted by molar-refractivity contribution is -0.131. The van der Waals surface area contributed by atoms with Gasteiger partial charge in [0.2, 0.25) is 5.91 Å². The molecule has 2 rings (SSSR count). The molecule has 0 aromatic heterocycles. The number of hydrogen-bond donors (Lipinski definition) is 1. The van der Waals surface area contributed by atoms with Crippen LogP contribution in [-0.2, 0) is 11.3 Å². The third-order valence-corrected chi connectivity index (χ3v) is 3.04. The molecule has 0 aliphatic carbocycles. The topological polar surface area (TPSA) is 43.8 Å². The van der Waals surface area contributed by atoms with E-state index >= 15 is 0 Å². The molecule has 4 nitrogen and oxygen atoms in total. The van der Waals surface area contributed by atoms with Gasteiger partial charge in [-0.15, -0.1) is 0 Å². The van der Waals surface area contributed by atoms with Gasteiger partial charge in [0.15, 0.2) is 0 Å². The van der Waals surface area contributed by atoms with Gasteiger partial charge in [0.05, 0.1) is 6.54 Å². The van der Waals surface area contributed by atoms with Crippen molar-refractivity contribution >= 4 is 13.0 Å². The molecule has 0 atom stereocenters. The van der Waals surface area contributed by atoms with E-state index < -0.39 is 7.05 Å². The summed E-state index contributed by atoms with van der Waals surface area (Å²) in [5.41, 5.74) is 1.21. The molecule has 5 heteroatoms. The molecule has 1 amide bonds. The van der Waals surface area contributed by atoms with Crippen molar-refractivity contribution in [1.29, 1.82) is 0 Å². The zero-order chi connectivity index (χ0) is 12.3. The van der Waals surface area contributed by atoms with Crippen molar-refractivity contribution in [3.05, 3.63) is 35.9 Å². The highest BCUT2D eigenvalue weighted by Gasteiger charge is 2.28. The van der Waals surface area contributed by atoms with Gasteiger partial charge in [-0.1, -0.05) is 30.3 Å². The average Bonchev–Trinajstić information content (AvgIpc) is 2.30. The summed E-state index contributed by atoms with van der Waals surface area (Å²) in [7, 11) is -0.679. The lowest BCUT2D eigenvalue weighted by atomic mass is 9.84. The molecule has 1 N–H and O–H groups in total. The SMILES string of the molecule is CB(O)N1CCN(Cc2ccccc2)CC1=O. The van der Waals surface area contributed by atoms with E-state index in [9.17, 15) is 9.82 Å². The van der Waals surface area contributed by atoms with Crippen LogP contribution in [0, 0.1) is 0 Å². The first-order chi connectivity index (χ1) is 8.16. The predicted molar refractivity (Wildman–Crippen MR) is 67.3 cm³/mol. The first-order valence-electron chi connectivity index (χ1n) is 5.90. The molecular formula is C12H17BN2O2. The van der Waals surface area contributed by atoms with Crippen LogP contribution in [0.3, 0.4) is 0 Å². The van der Waals surface area contributed by atoms with E-state index in [1.807, 2.05) is 18.2 Å². The predicted octanol–water partition coefficient (Wildman–Crippen LogP) is 0.441. The Labute approximate surface area is 102 Å². The number of rotatable bonds is 3. The highest BCUT2D eigenvalue weighted by Crippen LogP contribution is 2.09. The van der Waals surface area contributed by atoms with Crippen LogP contribution in [0.15, 0.2) is 30.3 Å². The maximum absolute atomic E-state index is 11.8. The van der Waals surface area contributed by atoms with Gasteiger partial charge in [-0.25, -0.2) is 0 Å². The Hall–Kier alpha value is -1.33. The summed E-state index contributed by atoms with van der Waals surface area (Å²) in [4.78, 5) is 15.4. The number of carbonyl (C=O) groups excluding carboxylic acids is 1. The minimum Gasteiger partial charge on any atom is -0.432 e. The molecule has 1 aliphatic rings. The Morgan fingerprint density at radius 1 is 1.29 bits per heavy atom. The highest BCUT2D eigenvalue weighted by atomic mass is 16.2. The molecule has 0 spiro atoms. The van der Waals surface area contributed by atoms with Gasteiger partial charge in [0, 0.05) is 19.6 Å². The molecule has 17 heavy (non-hydrogen) atoms. The zero-order valence-corrected chi connectivity index (χ0v) is 10.0. The van der Waals surface area contributed by atoms with Crippen LogP contribution in [0.5, 0.6) is 0 Å². The molecular weight excluding hydrogens is 215 g/mol. The van der Waals surface area contributed by atoms with Gasteiger partial charge in [0.1, 0.15) is 0 Å². The summed E-state index contributed by atoms with van der Waals surface area (Å²) in [5.74, 6) is 0.00202. The molecule has 1 heterocycles. The molecule has 1 aromatic rings. The summed E-state index contributed by atoms with van der Waals surface area (Å²) in [6, 6.07) is 10.1. The number of piperazine rings is 1. The standard InChI is InChI=1S/C12H17BN2O2/c1-13(17)15-8-7-14(10-12(15)16)9-11-5-3-2-4-6-11/h2-6,17H,7-10H2,1H3. The van der Waals surface area contributed by atoms with E-state index in [-0.39, 0.29) is 5.91 Å². The van der Waals surface area contributed by atoms with E-state index in [0.29, 0.717) is 13.1 Å². The maximum Gasteiger partial charge on any atom is 0.411 e. The molecule has 1 saturated heterocycles. The monoisotopic (exact) mass is 232 g/mol. The lowest BCUT2D eigenvalue weighted by Gasteiger charge is -2.35. The third kappa shape index (κ3) is 3.08. The number of amides is 1. The van der Waals surface area contributed by atoms with E-state index in [1.54, 1.807) is 6.82 Å². The quantitative estimate of drug-likeness (QED) is 0.769. The van der Waals surface area contributed by atoms with Crippen molar-refractivity contribution in [3.63, 3.8) is 0 Å². The minimum absolute atomic E-state index is 0.00202. The average molecular weight is 232 g/mol. The van der Waals surface area contributed by atoms with Crippen LogP contribution < -0.4 is 0 Å². The smallest absolute Gasteiger partial charge is 0.411 e. The fraction of sp³-hybridized carbons (Fsp3) is 0.417. The minimum atomic E-state index is -0.679. The van der Waals surface area contributed by atoms with Crippen LogP contribution in [0.1, 0.15) is 5.56 Å². The van der Waals surface area contributed by atoms with E-state index in [1.165, 1.54) is 10.4 Å². The second kappa shape index (κ2) is 5.34. The molecule has 90 valence electrons. The Morgan fingerprint density at radius 2 is 2.00 bits per heavy atom. The molecule has 0 saturated carbocycles. The Kier molecular flexibility index (Phi) is 3.81. The van der Waals surface area contributed by atoms with E-state index in [2.05, 4.69) is 17.0 Å². The van der Waals surface area contributed by atoms with Gasteiger partial charge in [-0.2, -0.15) is 0 Å². The summed E-state index contributed by atoms with van der Waals surface area (Å²) >= 11 is 0. The number of hydrogen-bond acceptors (Lipinski definition) is 3. The Balaban J connectivity index is 1.92. The number of benzene rings is 1. The van der Waals surface area contributed by atoms with Crippen molar-refractivity contribution in [3.8, 4) is 0 Å². The molecule has 0 bridgehead atoms. The van der Waals surface area contributed by atoms with Crippen molar-refractivity contribution in [2.75, 3.05) is 19.6 Å². The zero-order valence-electron chi connectivity index (χ0n) is 10.0. The van der Waals surface area contributed by atoms with Crippen LogP contribution in [0.25, 0.3) is 0 Å². The summed E-state index contributed by atoms with van der Waals surface area (Å²) in [6.07, 6.45) is 0. The third-order valence-electron chi connectivity index (χ3n) is 3.04.